The number of hydrogen-bond acceptors (Lipinski definition) is 2. The maximum atomic E-state index is 14.8. The van der Waals surface area contributed by atoms with Crippen molar-refractivity contribution in [3.05, 3.63) is 435 Å². The van der Waals surface area contributed by atoms with E-state index in [-0.39, 0.29) is 11.4 Å². The van der Waals surface area contributed by atoms with Gasteiger partial charge >= 0.3 is 0 Å². The van der Waals surface area contributed by atoms with Gasteiger partial charge in [-0.15, -0.1) is 0 Å². The van der Waals surface area contributed by atoms with Crippen molar-refractivity contribution in [2.24, 2.45) is 0 Å². The number of para-hydroxylation sites is 4. The van der Waals surface area contributed by atoms with Gasteiger partial charge in [0.05, 0.1) is 27.6 Å². The van der Waals surface area contributed by atoms with Crippen molar-refractivity contribution < 1.29 is 26.3 Å². The van der Waals surface area contributed by atoms with Crippen LogP contribution < -0.4 is 9.80 Å². The summed E-state index contributed by atoms with van der Waals surface area (Å²) in [6.45, 7) is 0. The van der Waals surface area contributed by atoms with Gasteiger partial charge in [0.2, 0.25) is 5.82 Å². The minimum absolute atomic E-state index is 0.147. The molecule has 0 radical (unpaired) electrons. The summed E-state index contributed by atoms with van der Waals surface area (Å²) in [6.07, 6.45) is 0. The van der Waals surface area contributed by atoms with Gasteiger partial charge in [-0.25, -0.2) is 26.3 Å². The summed E-state index contributed by atoms with van der Waals surface area (Å²) in [5, 5.41) is 9.52. The number of rotatable bonds is 14. The van der Waals surface area contributed by atoms with Crippen LogP contribution in [0.5, 0.6) is 0 Å². The van der Waals surface area contributed by atoms with Crippen LogP contribution in [-0.4, -0.2) is 9.13 Å². The van der Waals surface area contributed by atoms with Gasteiger partial charge in [0.1, 0.15) is 5.82 Å². The molecule has 0 unspecified atom stereocenters. The predicted octanol–water partition coefficient (Wildman–Crippen LogP) is 29.7. The molecule has 0 N–H and O–H groups in total. The minimum atomic E-state index is -2.19. The van der Waals surface area contributed by atoms with E-state index in [2.05, 4.69) is 281 Å². The first-order valence-electron chi connectivity index (χ1n) is 37.7. The van der Waals surface area contributed by atoms with E-state index < -0.39 is 34.6 Å². The van der Waals surface area contributed by atoms with Crippen molar-refractivity contribution >= 4 is 99.3 Å². The van der Waals surface area contributed by atoms with E-state index in [0.717, 1.165) is 112 Å². The zero-order valence-corrected chi connectivity index (χ0v) is 61.2. The Morgan fingerprint density at radius 1 is 0.184 bits per heavy atom. The number of hydrogen-bond donors (Lipinski definition) is 0. The Hall–Kier alpha value is -14.7. The van der Waals surface area contributed by atoms with Gasteiger partial charge in [0, 0.05) is 67.0 Å². The van der Waals surface area contributed by atoms with Crippen LogP contribution in [0.2, 0.25) is 0 Å². The highest BCUT2D eigenvalue weighted by Gasteiger charge is 2.28. The molecule has 0 aliphatic heterocycles. The van der Waals surface area contributed by atoms with E-state index in [1.807, 2.05) is 102 Å². The monoisotopic (exact) mass is 1480 g/mol. The molecule has 0 saturated heterocycles. The molecule has 544 valence electrons. The molecule has 20 rings (SSSR count). The fourth-order valence-electron chi connectivity index (χ4n) is 16.0. The molecular weight excluding hydrogens is 1420 g/mol. The van der Waals surface area contributed by atoms with Gasteiger partial charge in [-0.1, -0.05) is 261 Å². The molecule has 0 aliphatic carbocycles. The fraction of sp³-hybridized carbons (Fsp3) is 0. The van der Waals surface area contributed by atoms with Crippen LogP contribution in [0, 0.1) is 34.9 Å². The van der Waals surface area contributed by atoms with Gasteiger partial charge in [0.15, 0.2) is 23.3 Å². The Morgan fingerprint density at radius 3 is 0.939 bits per heavy atom. The van der Waals surface area contributed by atoms with Gasteiger partial charge in [-0.3, -0.25) is 0 Å². The molecule has 0 bridgehead atoms. The SMILES string of the molecule is Fc1c(F)c(F)c(-c2ccc(N(c3ccc(-c4ccc5c6ccccc6n(-c6ccccc6)c5c4)cc3)c3ccc(-c4cccc5ccccc45)cc3)cc2)c(F)c1F.Fc1ccc(-c2ccc(N(c3ccc(-c4ccc5ccccc5c4)cc3)c3ccc(-c4ccc5c6ccccc6n(-c6ccccc6)c5c4)cc3)cc2)cc1. The summed E-state index contributed by atoms with van der Waals surface area (Å²) in [4.78, 5) is 4.27. The third-order valence-corrected chi connectivity index (χ3v) is 21.7. The lowest BCUT2D eigenvalue weighted by atomic mass is 9.98. The van der Waals surface area contributed by atoms with Crippen LogP contribution in [-0.2, 0) is 0 Å². The third-order valence-electron chi connectivity index (χ3n) is 21.7. The van der Waals surface area contributed by atoms with Crippen LogP contribution in [0.4, 0.5) is 60.5 Å². The Balaban J connectivity index is 0.000000153. The van der Waals surface area contributed by atoms with Crippen LogP contribution >= 0.6 is 0 Å². The lowest BCUT2D eigenvalue weighted by Crippen LogP contribution is -2.10. The fourth-order valence-corrected chi connectivity index (χ4v) is 16.0. The molecule has 114 heavy (non-hydrogen) atoms. The number of anilines is 6. The number of fused-ring (bicyclic) bond motifs is 8. The number of aromatic nitrogens is 2. The topological polar surface area (TPSA) is 16.3 Å². The van der Waals surface area contributed by atoms with Crippen LogP contribution in [0.1, 0.15) is 0 Å². The lowest BCUT2D eigenvalue weighted by Gasteiger charge is -2.26. The highest BCUT2D eigenvalue weighted by molar-refractivity contribution is 6.12. The van der Waals surface area contributed by atoms with Crippen LogP contribution in [0.15, 0.2) is 400 Å². The van der Waals surface area contributed by atoms with Gasteiger partial charge in [-0.2, -0.15) is 0 Å². The zero-order valence-electron chi connectivity index (χ0n) is 61.2. The van der Waals surface area contributed by atoms with Gasteiger partial charge in [-0.05, 0) is 222 Å². The van der Waals surface area contributed by atoms with E-state index in [1.54, 1.807) is 12.1 Å². The molecule has 2 aromatic heterocycles. The molecule has 0 spiro atoms. The van der Waals surface area contributed by atoms with E-state index in [4.69, 9.17) is 0 Å². The molecule has 0 atom stereocenters. The van der Waals surface area contributed by atoms with Gasteiger partial charge in [0.25, 0.3) is 0 Å². The second kappa shape index (κ2) is 29.6. The first kappa shape index (κ1) is 69.7. The summed E-state index contributed by atoms with van der Waals surface area (Å²) in [5.74, 6) is -10.2. The molecule has 18 aromatic carbocycles. The highest BCUT2D eigenvalue weighted by Crippen LogP contribution is 2.44. The second-order valence-corrected chi connectivity index (χ2v) is 28.3. The van der Waals surface area contributed by atoms with E-state index in [1.165, 1.54) is 73.4 Å². The first-order valence-corrected chi connectivity index (χ1v) is 37.7. The third kappa shape index (κ3) is 12.9. The minimum Gasteiger partial charge on any atom is -0.311 e. The molecular formula is C104H66F6N4. The summed E-state index contributed by atoms with van der Waals surface area (Å²) in [5.41, 5.74) is 21.8. The Morgan fingerprint density at radius 2 is 0.491 bits per heavy atom. The van der Waals surface area contributed by atoms with E-state index in [9.17, 15) is 26.3 Å². The maximum absolute atomic E-state index is 14.8. The van der Waals surface area contributed by atoms with Crippen molar-refractivity contribution in [1.29, 1.82) is 0 Å². The standard InChI is InChI=1S/C52H31F5N2.C52H35FN2/c53-48-47(49(54)51(56)52(57)50(48)55)35-21-28-40(29-22-35)58(39-26-19-34(20-27-39)42-15-8-10-33-9-4-5-13-41(33)42)38-24-17-32(18-25-38)36-23-30-44-43-14-6-7-16-45(43)59(46(44)31-36)37-11-2-1-3-12-37;53-44-25-16-37(17-26-44)38-18-27-46(28-19-38)54(47-29-20-39(21-30-47)42-15-14-36-8-4-5-9-41(36)34-42)48-31-22-40(23-32-48)43-24-33-50-49-12-6-7-13-51(49)55(52(50)35-43)45-10-2-1-3-11-45/h1-31H;1-35H. The quantitative estimate of drug-likeness (QED) is 0.0613. The first-order chi connectivity index (χ1) is 56.0. The summed E-state index contributed by atoms with van der Waals surface area (Å²) in [7, 11) is 0. The normalized spacial score (nSPS) is 11.4. The Labute approximate surface area is 654 Å². The Kier molecular flexibility index (Phi) is 18.1. The molecule has 4 nitrogen and oxygen atoms in total. The van der Waals surface area contributed by atoms with Crippen molar-refractivity contribution in [2.75, 3.05) is 9.80 Å². The zero-order chi connectivity index (χ0) is 76.9. The number of nitrogens with zero attached hydrogens (tertiary/aromatic N) is 4. The molecule has 0 amide bonds. The number of halogens is 6. The average Bonchev–Trinajstić information content (AvgIpc) is 1.65. The summed E-state index contributed by atoms with van der Waals surface area (Å²) in [6, 6.07) is 136. The van der Waals surface area contributed by atoms with Gasteiger partial charge < -0.3 is 18.9 Å². The van der Waals surface area contributed by atoms with E-state index in [0.29, 0.717) is 5.69 Å². The smallest absolute Gasteiger partial charge is 0.200 e. The van der Waals surface area contributed by atoms with Crippen LogP contribution in [0.3, 0.4) is 0 Å². The van der Waals surface area contributed by atoms with E-state index >= 15 is 0 Å². The molecule has 0 saturated carbocycles. The predicted molar refractivity (Wildman–Crippen MR) is 458 cm³/mol. The van der Waals surface area contributed by atoms with Crippen molar-refractivity contribution in [1.82, 2.24) is 9.13 Å². The summed E-state index contributed by atoms with van der Waals surface area (Å²) >= 11 is 0. The molecule has 0 aliphatic rings. The largest absolute Gasteiger partial charge is 0.311 e. The Bertz CT molecular complexity index is 6950. The summed E-state index contributed by atoms with van der Waals surface area (Å²) < 4.78 is 90.3. The molecule has 20 aromatic rings. The maximum Gasteiger partial charge on any atom is 0.200 e. The molecule has 2 heterocycles. The van der Waals surface area contributed by atoms with Crippen molar-refractivity contribution in [3.63, 3.8) is 0 Å². The highest BCUT2D eigenvalue weighted by atomic mass is 19.2. The lowest BCUT2D eigenvalue weighted by molar-refractivity contribution is 0.381. The second-order valence-electron chi connectivity index (χ2n) is 28.3. The van der Waals surface area contributed by atoms with Crippen LogP contribution in [0.25, 0.3) is 143 Å². The van der Waals surface area contributed by atoms with Crippen molar-refractivity contribution in [3.8, 4) is 78.1 Å². The molecule has 10 heteroatoms. The number of benzene rings is 18. The average molecular weight is 1490 g/mol. The van der Waals surface area contributed by atoms with Crippen molar-refractivity contribution in [2.45, 2.75) is 0 Å². The molecule has 0 fully saturated rings.